The highest BCUT2D eigenvalue weighted by molar-refractivity contribution is 5.97. The molecule has 2 heteroatoms. The van der Waals surface area contributed by atoms with Crippen molar-refractivity contribution < 1.29 is 4.43 Å². The van der Waals surface area contributed by atoms with E-state index in [9.17, 15) is 0 Å². The highest BCUT2D eigenvalue weighted by atomic mass is 28.2. The van der Waals surface area contributed by atoms with Crippen molar-refractivity contribution in [3.8, 4) is 0 Å². The van der Waals surface area contributed by atoms with Crippen molar-refractivity contribution >= 4 is 10.5 Å². The highest BCUT2D eigenvalue weighted by Crippen LogP contribution is 2.38. The largest absolute Gasteiger partial charge is 0.428 e. The van der Waals surface area contributed by atoms with Crippen LogP contribution < -0.4 is 0 Å². The molecule has 1 rings (SSSR count). The van der Waals surface area contributed by atoms with E-state index in [0.29, 0.717) is 5.41 Å². The van der Waals surface area contributed by atoms with Gasteiger partial charge in [0.2, 0.25) is 0 Å². The van der Waals surface area contributed by atoms with Crippen molar-refractivity contribution in [2.45, 2.75) is 64.2 Å². The van der Waals surface area contributed by atoms with Crippen LogP contribution in [0.3, 0.4) is 0 Å². The Hall–Kier alpha value is -0.603. The Labute approximate surface area is 122 Å². The molecule has 0 aliphatic rings. The zero-order valence-electron chi connectivity index (χ0n) is 13.0. The van der Waals surface area contributed by atoms with Gasteiger partial charge in [-0.2, -0.15) is 0 Å². The molecule has 0 unspecified atom stereocenters. The van der Waals surface area contributed by atoms with Gasteiger partial charge in [0.1, 0.15) is 10.5 Å². The molecule has 0 bridgehead atoms. The van der Waals surface area contributed by atoms with Crippen LogP contribution in [-0.4, -0.2) is 17.1 Å². The second-order valence-electron chi connectivity index (χ2n) is 5.60. The molecule has 0 amide bonds. The first-order valence-electron chi connectivity index (χ1n) is 7.83. The molecule has 0 N–H and O–H groups in total. The molecular weight excluding hydrogens is 248 g/mol. The van der Waals surface area contributed by atoms with Gasteiger partial charge in [0.05, 0.1) is 0 Å². The molecule has 1 aromatic carbocycles. The van der Waals surface area contributed by atoms with Gasteiger partial charge in [0.15, 0.2) is 0 Å². The number of unbranched alkanes of at least 4 members (excludes halogenated alkanes) is 2. The SMILES string of the molecule is CCCCC(CCCC)(CCO[SiH3])c1ccccc1. The van der Waals surface area contributed by atoms with E-state index < -0.39 is 0 Å². The van der Waals surface area contributed by atoms with Gasteiger partial charge in [-0.05, 0) is 30.2 Å². The zero-order chi connectivity index (χ0) is 14.0. The smallest absolute Gasteiger partial charge is 0.145 e. The summed E-state index contributed by atoms with van der Waals surface area (Å²) in [5, 5.41) is 0. The van der Waals surface area contributed by atoms with E-state index in [1.807, 2.05) is 0 Å². The number of hydrogen-bond donors (Lipinski definition) is 0. The van der Waals surface area contributed by atoms with Crippen LogP contribution in [0.15, 0.2) is 30.3 Å². The Balaban J connectivity index is 2.94. The van der Waals surface area contributed by atoms with Gasteiger partial charge >= 0.3 is 0 Å². The maximum atomic E-state index is 5.52. The van der Waals surface area contributed by atoms with Gasteiger partial charge < -0.3 is 4.43 Å². The quantitative estimate of drug-likeness (QED) is 0.588. The summed E-state index contributed by atoms with van der Waals surface area (Å²) in [7, 11) is 0.855. The third-order valence-electron chi connectivity index (χ3n) is 4.19. The molecule has 0 saturated heterocycles. The Morgan fingerprint density at radius 2 is 1.53 bits per heavy atom. The Kier molecular flexibility index (Phi) is 8.07. The Morgan fingerprint density at radius 1 is 0.947 bits per heavy atom. The predicted octanol–water partition coefficient (Wildman–Crippen LogP) is 3.99. The fraction of sp³-hybridized carbons (Fsp3) is 0.647. The molecule has 0 radical (unpaired) electrons. The molecule has 0 aromatic heterocycles. The van der Waals surface area contributed by atoms with Crippen LogP contribution >= 0.6 is 0 Å². The third kappa shape index (κ3) is 5.11. The van der Waals surface area contributed by atoms with Crippen molar-refractivity contribution in [2.75, 3.05) is 6.61 Å². The van der Waals surface area contributed by atoms with Crippen molar-refractivity contribution in [1.82, 2.24) is 0 Å². The minimum atomic E-state index is 0.345. The Bertz CT molecular complexity index is 302. The molecule has 0 aliphatic heterocycles. The van der Waals surface area contributed by atoms with Crippen molar-refractivity contribution in [2.24, 2.45) is 0 Å². The minimum Gasteiger partial charge on any atom is -0.428 e. The summed E-state index contributed by atoms with van der Waals surface area (Å²) in [6.07, 6.45) is 8.99. The standard InChI is InChI=1S/C17H30OSi/c1-3-5-12-17(13-6-4-2,14-15-18-19)16-10-8-7-9-11-16/h7-11H,3-6,12-15H2,1-2,19H3. The maximum absolute atomic E-state index is 5.52. The lowest BCUT2D eigenvalue weighted by Crippen LogP contribution is -2.28. The third-order valence-corrected chi connectivity index (χ3v) is 4.60. The van der Waals surface area contributed by atoms with Gasteiger partial charge in [-0.1, -0.05) is 69.9 Å². The van der Waals surface area contributed by atoms with Gasteiger partial charge in [-0.3, -0.25) is 0 Å². The van der Waals surface area contributed by atoms with E-state index in [1.54, 1.807) is 0 Å². The lowest BCUT2D eigenvalue weighted by Gasteiger charge is -2.35. The summed E-state index contributed by atoms with van der Waals surface area (Å²) in [5.74, 6) is 0. The van der Waals surface area contributed by atoms with Gasteiger partial charge in [0.25, 0.3) is 0 Å². The van der Waals surface area contributed by atoms with Gasteiger partial charge in [-0.25, -0.2) is 0 Å². The van der Waals surface area contributed by atoms with Crippen LogP contribution in [0.25, 0.3) is 0 Å². The van der Waals surface area contributed by atoms with Crippen molar-refractivity contribution in [3.63, 3.8) is 0 Å². The Morgan fingerprint density at radius 3 is 2.00 bits per heavy atom. The first-order chi connectivity index (χ1) is 9.29. The van der Waals surface area contributed by atoms with Crippen molar-refractivity contribution in [3.05, 3.63) is 35.9 Å². The van der Waals surface area contributed by atoms with E-state index in [4.69, 9.17) is 4.43 Å². The van der Waals surface area contributed by atoms with Gasteiger partial charge in [0, 0.05) is 6.61 Å². The first-order valence-corrected chi connectivity index (χ1v) is 8.65. The van der Waals surface area contributed by atoms with E-state index in [2.05, 4.69) is 44.2 Å². The molecule has 0 aliphatic carbocycles. The number of benzene rings is 1. The molecule has 19 heavy (non-hydrogen) atoms. The van der Waals surface area contributed by atoms with Crippen LogP contribution in [0.5, 0.6) is 0 Å². The van der Waals surface area contributed by atoms with E-state index in [1.165, 1.54) is 50.5 Å². The van der Waals surface area contributed by atoms with E-state index in [0.717, 1.165) is 17.1 Å². The van der Waals surface area contributed by atoms with E-state index >= 15 is 0 Å². The number of hydrogen-bond acceptors (Lipinski definition) is 1. The second-order valence-corrected chi connectivity index (χ2v) is 6.17. The summed E-state index contributed by atoms with van der Waals surface area (Å²) in [5.41, 5.74) is 1.87. The van der Waals surface area contributed by atoms with E-state index in [-0.39, 0.29) is 0 Å². The second kappa shape index (κ2) is 9.32. The molecule has 1 aromatic rings. The summed E-state index contributed by atoms with van der Waals surface area (Å²) >= 11 is 0. The predicted molar refractivity (Wildman–Crippen MR) is 87.7 cm³/mol. The molecular formula is C17H30OSi. The van der Waals surface area contributed by atoms with Gasteiger partial charge in [-0.15, -0.1) is 0 Å². The lowest BCUT2D eigenvalue weighted by molar-refractivity contribution is 0.241. The fourth-order valence-corrected chi connectivity index (χ4v) is 3.13. The van der Waals surface area contributed by atoms with Crippen molar-refractivity contribution in [1.29, 1.82) is 0 Å². The maximum Gasteiger partial charge on any atom is 0.145 e. The first kappa shape index (κ1) is 16.5. The molecule has 108 valence electrons. The topological polar surface area (TPSA) is 9.23 Å². The lowest BCUT2D eigenvalue weighted by atomic mass is 9.70. The average Bonchev–Trinajstić information content (AvgIpc) is 2.48. The summed E-state index contributed by atoms with van der Waals surface area (Å²) in [6.45, 7) is 5.51. The minimum absolute atomic E-state index is 0.345. The molecule has 0 saturated carbocycles. The van der Waals surface area contributed by atoms with Crippen LogP contribution in [0.1, 0.15) is 64.4 Å². The van der Waals surface area contributed by atoms with Crippen LogP contribution in [-0.2, 0) is 9.84 Å². The summed E-state index contributed by atoms with van der Waals surface area (Å²) < 4.78 is 5.52. The molecule has 1 nitrogen and oxygen atoms in total. The number of rotatable bonds is 10. The van der Waals surface area contributed by atoms with Crippen LogP contribution in [0.2, 0.25) is 0 Å². The zero-order valence-corrected chi connectivity index (χ0v) is 15.0. The molecule has 0 spiro atoms. The monoisotopic (exact) mass is 278 g/mol. The summed E-state index contributed by atoms with van der Waals surface area (Å²) in [6, 6.07) is 11.1. The fourth-order valence-electron chi connectivity index (χ4n) is 2.93. The average molecular weight is 279 g/mol. The summed E-state index contributed by atoms with van der Waals surface area (Å²) in [4.78, 5) is 0. The molecule has 0 heterocycles. The molecule has 0 fully saturated rings. The van der Waals surface area contributed by atoms with Crippen LogP contribution in [0.4, 0.5) is 0 Å². The highest BCUT2D eigenvalue weighted by Gasteiger charge is 2.30. The normalized spacial score (nSPS) is 11.9. The van der Waals surface area contributed by atoms with Crippen LogP contribution in [0, 0.1) is 0 Å². The molecule has 0 atom stereocenters.